The molecule has 1 saturated heterocycles. The van der Waals surface area contributed by atoms with Crippen molar-refractivity contribution >= 4 is 23.6 Å². The SMILES string of the molecule is CN[C@@H]1CCCCC1C/C=C/c1nc(Nc2ccc(C(=O)NC3CCN(C)CC3)cc2OC)ncc1C(F)(F)F. The predicted molar refractivity (Wildman–Crippen MR) is 150 cm³/mol. The lowest BCUT2D eigenvalue weighted by atomic mass is 9.82. The Hall–Kier alpha value is -3.18. The molecule has 1 aliphatic heterocycles. The van der Waals surface area contributed by atoms with Crippen LogP contribution in [0.1, 0.15) is 66.6 Å². The molecule has 1 aliphatic carbocycles. The van der Waals surface area contributed by atoms with Gasteiger partial charge in [0.2, 0.25) is 5.95 Å². The van der Waals surface area contributed by atoms with E-state index < -0.39 is 11.7 Å². The molecule has 11 heteroatoms. The van der Waals surface area contributed by atoms with Crippen LogP contribution >= 0.6 is 0 Å². The number of hydrogen-bond acceptors (Lipinski definition) is 7. The lowest BCUT2D eigenvalue weighted by Crippen LogP contribution is -2.43. The van der Waals surface area contributed by atoms with E-state index in [4.69, 9.17) is 4.74 Å². The zero-order valence-electron chi connectivity index (χ0n) is 23.4. The van der Waals surface area contributed by atoms with Gasteiger partial charge in [-0.3, -0.25) is 4.79 Å². The fraction of sp³-hybridized carbons (Fsp3) is 0.552. The number of piperidine rings is 1. The van der Waals surface area contributed by atoms with Gasteiger partial charge in [-0.2, -0.15) is 13.2 Å². The summed E-state index contributed by atoms with van der Waals surface area (Å²) in [5.74, 6) is 0.534. The van der Waals surface area contributed by atoms with Crippen LogP contribution in [-0.2, 0) is 6.18 Å². The summed E-state index contributed by atoms with van der Waals surface area (Å²) in [5, 5.41) is 9.35. The second kappa shape index (κ2) is 13.5. The summed E-state index contributed by atoms with van der Waals surface area (Å²) in [6.45, 7) is 1.86. The molecule has 3 N–H and O–H groups in total. The van der Waals surface area contributed by atoms with E-state index in [-0.39, 0.29) is 23.6 Å². The van der Waals surface area contributed by atoms with E-state index >= 15 is 0 Å². The van der Waals surface area contributed by atoms with Crippen LogP contribution in [0.25, 0.3) is 6.08 Å². The molecule has 1 aromatic heterocycles. The van der Waals surface area contributed by atoms with Crippen LogP contribution in [-0.4, -0.2) is 67.2 Å². The summed E-state index contributed by atoms with van der Waals surface area (Å²) in [6, 6.07) is 5.36. The molecule has 1 aromatic carbocycles. The number of rotatable bonds is 9. The fourth-order valence-electron chi connectivity index (χ4n) is 5.50. The summed E-state index contributed by atoms with van der Waals surface area (Å²) in [5.41, 5.74) is -0.223. The van der Waals surface area contributed by atoms with E-state index in [0.29, 0.717) is 35.4 Å². The summed E-state index contributed by atoms with van der Waals surface area (Å²) in [7, 11) is 5.45. The molecular formula is C29H39F3N6O2. The topological polar surface area (TPSA) is 91.4 Å². The van der Waals surface area contributed by atoms with Crippen LogP contribution in [0, 0.1) is 5.92 Å². The summed E-state index contributed by atoms with van der Waals surface area (Å²) in [4.78, 5) is 23.2. The van der Waals surface area contributed by atoms with Gasteiger partial charge in [-0.1, -0.05) is 18.9 Å². The highest BCUT2D eigenvalue weighted by Crippen LogP contribution is 2.34. The molecule has 0 radical (unpaired) electrons. The minimum atomic E-state index is -4.59. The number of aromatic nitrogens is 2. The number of nitrogens with zero attached hydrogens (tertiary/aromatic N) is 3. The number of allylic oxidation sites excluding steroid dienone is 1. The fourth-order valence-corrected chi connectivity index (χ4v) is 5.50. The van der Waals surface area contributed by atoms with Gasteiger partial charge in [-0.25, -0.2) is 9.97 Å². The summed E-state index contributed by atoms with van der Waals surface area (Å²) < 4.78 is 46.6. The Kier molecular flexibility index (Phi) is 10.0. The van der Waals surface area contributed by atoms with Gasteiger partial charge in [0.05, 0.1) is 24.1 Å². The zero-order valence-corrected chi connectivity index (χ0v) is 23.4. The highest BCUT2D eigenvalue weighted by atomic mass is 19.4. The number of benzene rings is 1. The second-order valence-corrected chi connectivity index (χ2v) is 10.7. The average Bonchev–Trinajstić information content (AvgIpc) is 2.94. The third kappa shape index (κ3) is 7.72. The number of methoxy groups -OCH3 is 1. The van der Waals surface area contributed by atoms with Crippen molar-refractivity contribution < 1.29 is 22.7 Å². The molecular weight excluding hydrogens is 521 g/mol. The minimum Gasteiger partial charge on any atom is -0.495 e. The molecule has 0 spiro atoms. The standard InChI is InChI=1S/C29H39F3N6O2/c1-33-23-9-5-4-7-19(23)8-6-10-24-22(29(30,31)32)18-34-28(36-24)37-25-12-11-20(17-26(25)40-3)27(39)35-21-13-15-38(2)16-14-21/h6,10-12,17-19,21,23,33H,4-5,7-9,13-16H2,1-3H3,(H,35,39)(H,34,36,37)/b10-6+/t19?,23-/m1/s1. The quantitative estimate of drug-likeness (QED) is 0.386. The first-order valence-corrected chi connectivity index (χ1v) is 13.9. The van der Waals surface area contributed by atoms with Gasteiger partial charge in [-0.15, -0.1) is 0 Å². The highest BCUT2D eigenvalue weighted by Gasteiger charge is 2.34. The Morgan fingerprint density at radius 2 is 1.93 bits per heavy atom. The molecule has 40 heavy (non-hydrogen) atoms. The number of nitrogens with one attached hydrogen (secondary N) is 3. The molecule has 1 saturated carbocycles. The molecule has 2 heterocycles. The monoisotopic (exact) mass is 560 g/mol. The van der Waals surface area contributed by atoms with Crippen LogP contribution in [0.3, 0.4) is 0 Å². The predicted octanol–water partition coefficient (Wildman–Crippen LogP) is 5.25. The summed E-state index contributed by atoms with van der Waals surface area (Å²) in [6.07, 6.45) is 6.28. The molecule has 218 valence electrons. The van der Waals surface area contributed by atoms with Crippen molar-refractivity contribution in [1.82, 2.24) is 25.5 Å². The van der Waals surface area contributed by atoms with Crippen molar-refractivity contribution in [1.29, 1.82) is 0 Å². The van der Waals surface area contributed by atoms with E-state index in [2.05, 4.69) is 37.9 Å². The Labute approximate surface area is 233 Å². The smallest absolute Gasteiger partial charge is 0.419 e. The van der Waals surface area contributed by atoms with E-state index in [1.807, 2.05) is 7.05 Å². The molecule has 1 amide bonds. The van der Waals surface area contributed by atoms with Crippen molar-refractivity contribution in [2.45, 2.75) is 63.2 Å². The van der Waals surface area contributed by atoms with Gasteiger partial charge in [-0.05, 0) is 89.5 Å². The van der Waals surface area contributed by atoms with Crippen LogP contribution in [0.2, 0.25) is 0 Å². The minimum absolute atomic E-state index is 0.000227. The van der Waals surface area contributed by atoms with Crippen molar-refractivity contribution in [3.63, 3.8) is 0 Å². The number of ether oxygens (including phenoxy) is 1. The lowest BCUT2D eigenvalue weighted by molar-refractivity contribution is -0.138. The van der Waals surface area contributed by atoms with Crippen LogP contribution in [0.4, 0.5) is 24.8 Å². The van der Waals surface area contributed by atoms with Gasteiger partial charge in [0.1, 0.15) is 5.75 Å². The first kappa shape index (κ1) is 29.8. The first-order valence-electron chi connectivity index (χ1n) is 13.9. The molecule has 4 rings (SSSR count). The first-order chi connectivity index (χ1) is 19.2. The number of hydrogen-bond donors (Lipinski definition) is 3. The number of anilines is 2. The van der Waals surface area contributed by atoms with E-state index in [1.165, 1.54) is 19.6 Å². The lowest BCUT2D eigenvalue weighted by Gasteiger charge is -2.30. The Balaban J connectivity index is 1.49. The van der Waals surface area contributed by atoms with E-state index in [1.54, 1.807) is 24.3 Å². The molecule has 2 aromatic rings. The number of amides is 1. The molecule has 1 unspecified atom stereocenters. The van der Waals surface area contributed by atoms with Crippen molar-refractivity contribution in [2.75, 3.05) is 39.6 Å². The molecule has 2 aliphatic rings. The van der Waals surface area contributed by atoms with Gasteiger partial charge < -0.3 is 25.6 Å². The zero-order chi connectivity index (χ0) is 28.7. The van der Waals surface area contributed by atoms with Crippen molar-refractivity contribution in [3.8, 4) is 5.75 Å². The van der Waals surface area contributed by atoms with E-state index in [0.717, 1.165) is 51.4 Å². The number of likely N-dealkylation sites (tertiary alicyclic amines) is 1. The van der Waals surface area contributed by atoms with Crippen LogP contribution in [0.5, 0.6) is 5.75 Å². The molecule has 0 bridgehead atoms. The third-order valence-corrected chi connectivity index (χ3v) is 7.88. The number of carbonyl (C=O) groups excluding carboxylic acids is 1. The van der Waals surface area contributed by atoms with Gasteiger partial charge in [0, 0.05) is 23.8 Å². The largest absolute Gasteiger partial charge is 0.495 e. The average molecular weight is 561 g/mol. The Bertz CT molecular complexity index is 1180. The van der Waals surface area contributed by atoms with Crippen LogP contribution < -0.4 is 20.7 Å². The maximum atomic E-state index is 13.7. The van der Waals surface area contributed by atoms with Gasteiger partial charge in [0.15, 0.2) is 0 Å². The third-order valence-electron chi connectivity index (χ3n) is 7.88. The van der Waals surface area contributed by atoms with Gasteiger partial charge >= 0.3 is 6.18 Å². The highest BCUT2D eigenvalue weighted by molar-refractivity contribution is 5.95. The molecule has 8 nitrogen and oxygen atoms in total. The van der Waals surface area contributed by atoms with Crippen LogP contribution in [0.15, 0.2) is 30.5 Å². The number of halogens is 3. The maximum absolute atomic E-state index is 13.7. The van der Waals surface area contributed by atoms with Gasteiger partial charge in [0.25, 0.3) is 5.91 Å². The van der Waals surface area contributed by atoms with Crippen molar-refractivity contribution in [2.24, 2.45) is 5.92 Å². The van der Waals surface area contributed by atoms with E-state index in [9.17, 15) is 18.0 Å². The number of carbonyl (C=O) groups is 1. The maximum Gasteiger partial charge on any atom is 0.419 e. The Morgan fingerprint density at radius 3 is 2.62 bits per heavy atom. The molecule has 2 fully saturated rings. The second-order valence-electron chi connectivity index (χ2n) is 10.7. The molecule has 2 atom stereocenters. The number of alkyl halides is 3. The summed E-state index contributed by atoms with van der Waals surface area (Å²) >= 11 is 0. The normalized spacial score (nSPS) is 20.9. The van der Waals surface area contributed by atoms with Crippen molar-refractivity contribution in [3.05, 3.63) is 47.3 Å². The Morgan fingerprint density at radius 1 is 1.18 bits per heavy atom.